The molecule has 3 aliphatic rings. The summed E-state index contributed by atoms with van der Waals surface area (Å²) >= 11 is 7.31. The number of esters is 1. The maximum Gasteiger partial charge on any atom is 0.337 e. The number of amides is 3. The van der Waals surface area contributed by atoms with E-state index in [-0.39, 0.29) is 45.1 Å². The average Bonchev–Trinajstić information content (AvgIpc) is 3.32. The number of imide groups is 1. The van der Waals surface area contributed by atoms with Gasteiger partial charge in [0.05, 0.1) is 24.5 Å². The van der Waals surface area contributed by atoms with E-state index >= 15 is 0 Å². The highest BCUT2D eigenvalue weighted by Gasteiger charge is 2.67. The second-order valence-corrected chi connectivity index (χ2v) is 9.90. The summed E-state index contributed by atoms with van der Waals surface area (Å²) in [5, 5.41) is 2.71. The van der Waals surface area contributed by atoms with Crippen LogP contribution in [-0.4, -0.2) is 51.4 Å². The fourth-order valence-corrected chi connectivity index (χ4v) is 6.80. The van der Waals surface area contributed by atoms with Gasteiger partial charge in [-0.25, -0.2) is 4.79 Å². The lowest BCUT2D eigenvalue weighted by Crippen LogP contribution is -2.46. The molecule has 0 aromatic heterocycles. The van der Waals surface area contributed by atoms with E-state index in [4.69, 9.17) is 0 Å². The van der Waals surface area contributed by atoms with Gasteiger partial charge >= 0.3 is 5.97 Å². The molecular formula is C20H20Br2N2O5. The van der Waals surface area contributed by atoms with Gasteiger partial charge in [0.2, 0.25) is 17.7 Å². The summed E-state index contributed by atoms with van der Waals surface area (Å²) in [5.41, 5.74) is 0.829. The first-order chi connectivity index (χ1) is 13.8. The van der Waals surface area contributed by atoms with Crippen LogP contribution >= 0.6 is 31.9 Å². The fraction of sp³-hybridized carbons (Fsp3) is 0.500. The van der Waals surface area contributed by atoms with Crippen LogP contribution in [0.2, 0.25) is 0 Å². The van der Waals surface area contributed by atoms with Crippen LogP contribution in [0.25, 0.3) is 0 Å². The number of hydrogen-bond acceptors (Lipinski definition) is 5. The summed E-state index contributed by atoms with van der Waals surface area (Å²) in [5.74, 6) is -1.90. The summed E-state index contributed by atoms with van der Waals surface area (Å²) in [7, 11) is 1.29. The predicted octanol–water partition coefficient (Wildman–Crippen LogP) is 2.58. The number of hydrogen-bond donors (Lipinski definition) is 1. The maximum atomic E-state index is 13.0. The van der Waals surface area contributed by atoms with E-state index in [1.807, 2.05) is 0 Å². The lowest BCUT2D eigenvalue weighted by Gasteiger charge is -2.28. The van der Waals surface area contributed by atoms with Crippen molar-refractivity contribution in [2.75, 3.05) is 12.4 Å². The number of halogens is 2. The Morgan fingerprint density at radius 3 is 2.07 bits per heavy atom. The zero-order valence-electron chi connectivity index (χ0n) is 15.8. The lowest BCUT2D eigenvalue weighted by molar-refractivity contribution is -0.146. The van der Waals surface area contributed by atoms with Crippen molar-refractivity contribution in [3.63, 3.8) is 0 Å². The maximum absolute atomic E-state index is 13.0. The van der Waals surface area contributed by atoms with Gasteiger partial charge in [0.25, 0.3) is 0 Å². The van der Waals surface area contributed by atoms with E-state index in [0.717, 1.165) is 11.3 Å². The highest BCUT2D eigenvalue weighted by Crippen LogP contribution is 2.60. The number of alkyl halides is 2. The van der Waals surface area contributed by atoms with E-state index in [1.165, 1.54) is 19.2 Å². The number of nitrogens with zero attached hydrogens (tertiary/aromatic N) is 1. The van der Waals surface area contributed by atoms with Crippen LogP contribution in [0.3, 0.4) is 0 Å². The summed E-state index contributed by atoms with van der Waals surface area (Å²) in [6.45, 7) is 1.56. The number of likely N-dealkylation sites (tertiary alicyclic amines) is 1. The van der Waals surface area contributed by atoms with Crippen molar-refractivity contribution >= 4 is 61.2 Å². The Balaban J connectivity index is 1.48. The van der Waals surface area contributed by atoms with Crippen LogP contribution in [0, 0.1) is 23.7 Å². The van der Waals surface area contributed by atoms with Gasteiger partial charge in [0.1, 0.15) is 6.04 Å². The minimum Gasteiger partial charge on any atom is -0.465 e. The first kappa shape index (κ1) is 20.5. The van der Waals surface area contributed by atoms with E-state index in [2.05, 4.69) is 41.9 Å². The largest absolute Gasteiger partial charge is 0.465 e. The van der Waals surface area contributed by atoms with Crippen molar-refractivity contribution in [3.8, 4) is 0 Å². The van der Waals surface area contributed by atoms with E-state index in [1.54, 1.807) is 19.1 Å². The van der Waals surface area contributed by atoms with Crippen LogP contribution in [-0.2, 0) is 19.1 Å². The molecule has 7 nitrogen and oxygen atoms in total. The van der Waals surface area contributed by atoms with Gasteiger partial charge in [-0.3, -0.25) is 19.3 Å². The molecule has 9 heteroatoms. The zero-order valence-corrected chi connectivity index (χ0v) is 19.0. The highest BCUT2D eigenvalue weighted by atomic mass is 79.9. The van der Waals surface area contributed by atoms with Gasteiger partial charge in [0, 0.05) is 15.3 Å². The summed E-state index contributed by atoms with van der Waals surface area (Å²) in [4.78, 5) is 51.7. The molecule has 7 atom stereocenters. The molecule has 1 saturated heterocycles. The molecule has 2 saturated carbocycles. The molecule has 29 heavy (non-hydrogen) atoms. The van der Waals surface area contributed by atoms with Crippen molar-refractivity contribution in [3.05, 3.63) is 29.8 Å². The number of nitrogens with one attached hydrogen (secondary N) is 1. The quantitative estimate of drug-likeness (QED) is 0.369. The first-order valence-electron chi connectivity index (χ1n) is 9.40. The molecule has 3 amide bonds. The van der Waals surface area contributed by atoms with Gasteiger partial charge in [-0.2, -0.15) is 0 Å². The molecule has 3 fully saturated rings. The third-order valence-electron chi connectivity index (χ3n) is 6.36. The molecule has 1 aromatic rings. The second kappa shape index (κ2) is 7.50. The summed E-state index contributed by atoms with van der Waals surface area (Å²) < 4.78 is 4.65. The monoisotopic (exact) mass is 526 g/mol. The Kier molecular flexibility index (Phi) is 5.31. The smallest absolute Gasteiger partial charge is 0.337 e. The first-order valence-corrected chi connectivity index (χ1v) is 11.2. The number of rotatable bonds is 4. The Hall–Kier alpha value is -1.74. The second-order valence-electron chi connectivity index (χ2n) is 7.78. The zero-order chi connectivity index (χ0) is 21.0. The molecular weight excluding hydrogens is 508 g/mol. The standard InChI is InChI=1S/C20H20Br2N2O5/c1-8(17(25)23-10-5-3-9(4-6-10)20(28)29-2)24-18(26)13-11-7-12(14(13)19(24)27)16(22)15(11)21/h3-6,8,11-16H,7H2,1-2H3,(H,23,25)/t8-,11+,12+,13-,14+,15-,16-/m0/s1. The predicted molar refractivity (Wildman–Crippen MR) is 112 cm³/mol. The normalized spacial score (nSPS) is 33.6. The highest BCUT2D eigenvalue weighted by molar-refractivity contribution is 9.12. The molecule has 0 unspecified atom stereocenters. The van der Waals surface area contributed by atoms with Crippen molar-refractivity contribution in [1.82, 2.24) is 4.90 Å². The molecule has 0 spiro atoms. The third-order valence-corrected chi connectivity index (χ3v) is 9.57. The third kappa shape index (κ3) is 3.13. The number of carbonyl (C=O) groups excluding carboxylic acids is 4. The molecule has 1 aliphatic heterocycles. The topological polar surface area (TPSA) is 92.8 Å². The average molecular weight is 528 g/mol. The van der Waals surface area contributed by atoms with E-state index < -0.39 is 17.9 Å². The molecule has 2 bridgehead atoms. The fourth-order valence-electron chi connectivity index (χ4n) is 4.93. The van der Waals surface area contributed by atoms with Crippen molar-refractivity contribution < 1.29 is 23.9 Å². The molecule has 154 valence electrons. The minimum absolute atomic E-state index is 0.108. The molecule has 1 heterocycles. The van der Waals surface area contributed by atoms with Gasteiger partial charge in [-0.1, -0.05) is 31.9 Å². The van der Waals surface area contributed by atoms with Gasteiger partial charge in [-0.15, -0.1) is 0 Å². The SMILES string of the molecule is COC(=O)c1ccc(NC(=O)[C@H](C)N2C(=O)[C@@H]3[C@H]4C[C@@H]([C@H](Br)[C@H]4Br)[C@@H]3C2=O)cc1. The Labute approximate surface area is 184 Å². The van der Waals surface area contributed by atoms with Gasteiger partial charge in [0.15, 0.2) is 0 Å². The van der Waals surface area contributed by atoms with Crippen LogP contribution in [0.15, 0.2) is 24.3 Å². The summed E-state index contributed by atoms with van der Waals surface area (Å²) in [6.07, 6.45) is 0.847. The number of methoxy groups -OCH3 is 1. The van der Waals surface area contributed by atoms with Crippen LogP contribution < -0.4 is 5.32 Å². The summed E-state index contributed by atoms with van der Waals surface area (Å²) in [6, 6.07) is 5.30. The molecule has 4 rings (SSSR count). The lowest BCUT2D eigenvalue weighted by atomic mass is 9.81. The van der Waals surface area contributed by atoms with Crippen molar-refractivity contribution in [2.24, 2.45) is 23.7 Å². The Bertz CT molecular complexity index is 857. The Morgan fingerprint density at radius 2 is 1.59 bits per heavy atom. The van der Waals surface area contributed by atoms with E-state index in [0.29, 0.717) is 11.3 Å². The number of ether oxygens (including phenoxy) is 1. The van der Waals surface area contributed by atoms with Gasteiger partial charge < -0.3 is 10.1 Å². The number of carbonyl (C=O) groups is 4. The minimum atomic E-state index is -0.914. The molecule has 1 aromatic carbocycles. The van der Waals surface area contributed by atoms with Crippen LogP contribution in [0.1, 0.15) is 23.7 Å². The van der Waals surface area contributed by atoms with E-state index in [9.17, 15) is 19.2 Å². The Morgan fingerprint density at radius 1 is 1.07 bits per heavy atom. The number of benzene rings is 1. The number of fused-ring (bicyclic) bond motifs is 5. The van der Waals surface area contributed by atoms with Crippen LogP contribution in [0.4, 0.5) is 5.69 Å². The number of anilines is 1. The molecule has 2 aliphatic carbocycles. The van der Waals surface area contributed by atoms with Crippen LogP contribution in [0.5, 0.6) is 0 Å². The van der Waals surface area contributed by atoms with Gasteiger partial charge in [-0.05, 0) is 49.4 Å². The molecule has 0 radical (unpaired) electrons. The molecule has 1 N–H and O–H groups in total. The van der Waals surface area contributed by atoms with Crippen molar-refractivity contribution in [2.45, 2.75) is 29.0 Å². The van der Waals surface area contributed by atoms with Crippen molar-refractivity contribution in [1.29, 1.82) is 0 Å².